The van der Waals surface area contributed by atoms with Gasteiger partial charge in [-0.15, -0.1) is 0 Å². The summed E-state index contributed by atoms with van der Waals surface area (Å²) in [4.78, 5) is 29.1. The molecule has 0 saturated heterocycles. The molecule has 154 valence electrons. The average Bonchev–Trinajstić information content (AvgIpc) is 2.76. The van der Waals surface area contributed by atoms with Gasteiger partial charge in [0.05, 0.1) is 28.1 Å². The molecule has 8 heteroatoms. The molecule has 2 aliphatic heterocycles. The molecule has 3 aromatic rings. The predicted octanol–water partition coefficient (Wildman–Crippen LogP) is 4.42. The highest BCUT2D eigenvalue weighted by Gasteiger charge is 2.22. The lowest BCUT2D eigenvalue weighted by Crippen LogP contribution is -2.33. The van der Waals surface area contributed by atoms with Gasteiger partial charge in [0.25, 0.3) is 0 Å². The Labute approximate surface area is 183 Å². The van der Waals surface area contributed by atoms with Gasteiger partial charge in [-0.3, -0.25) is 14.7 Å². The van der Waals surface area contributed by atoms with Crippen LogP contribution in [0.2, 0.25) is 10.0 Å². The molecule has 6 nitrogen and oxygen atoms in total. The van der Waals surface area contributed by atoms with E-state index in [-0.39, 0.29) is 5.43 Å². The lowest BCUT2D eigenvalue weighted by atomic mass is 10.0. The van der Waals surface area contributed by atoms with Crippen LogP contribution in [0, 0.1) is 0 Å². The summed E-state index contributed by atoms with van der Waals surface area (Å²) in [7, 11) is 0. The molecular weight excluding hydrogens is 423 g/mol. The fraction of sp³-hybridized carbons (Fsp3) is 0.364. The summed E-state index contributed by atoms with van der Waals surface area (Å²) in [6.45, 7) is 2.85. The molecule has 0 spiro atoms. The predicted molar refractivity (Wildman–Crippen MR) is 118 cm³/mol. The molecule has 0 atom stereocenters. The van der Waals surface area contributed by atoms with Gasteiger partial charge in [-0.05, 0) is 31.4 Å². The van der Waals surface area contributed by atoms with Gasteiger partial charge in [-0.2, -0.15) is 0 Å². The van der Waals surface area contributed by atoms with Gasteiger partial charge in [0, 0.05) is 54.9 Å². The minimum absolute atomic E-state index is 0.103. The van der Waals surface area contributed by atoms with E-state index in [0.29, 0.717) is 39.7 Å². The van der Waals surface area contributed by atoms with Crippen molar-refractivity contribution in [1.82, 2.24) is 14.9 Å². The van der Waals surface area contributed by atoms with Crippen LogP contribution in [0.3, 0.4) is 0 Å². The number of hydrogen-bond donors (Lipinski definition) is 0. The van der Waals surface area contributed by atoms with Gasteiger partial charge in [-0.1, -0.05) is 23.2 Å². The van der Waals surface area contributed by atoms with Gasteiger partial charge >= 0.3 is 0 Å². The summed E-state index contributed by atoms with van der Waals surface area (Å²) in [5.41, 5.74) is 4.04. The third-order valence-corrected chi connectivity index (χ3v) is 6.15. The maximum atomic E-state index is 12.9. The zero-order chi connectivity index (χ0) is 20.7. The van der Waals surface area contributed by atoms with Crippen LogP contribution in [0.5, 0.6) is 0 Å². The Balaban J connectivity index is 1.37. The number of rotatable bonds is 3. The van der Waals surface area contributed by atoms with E-state index in [1.54, 1.807) is 12.1 Å². The molecule has 0 aliphatic carbocycles. The van der Waals surface area contributed by atoms with E-state index < -0.39 is 0 Å². The number of aliphatic imine (C=N–C) groups is 1. The molecule has 2 aliphatic rings. The van der Waals surface area contributed by atoms with Crippen LogP contribution < -0.4 is 5.43 Å². The largest absolute Gasteiger partial charge is 0.462 e. The number of hydrogen-bond acceptors (Lipinski definition) is 6. The second-order valence-electron chi connectivity index (χ2n) is 7.77. The highest BCUT2D eigenvalue weighted by Crippen LogP contribution is 2.27. The molecule has 0 amide bonds. The van der Waals surface area contributed by atoms with Crippen molar-refractivity contribution in [2.45, 2.75) is 38.8 Å². The van der Waals surface area contributed by atoms with Crippen molar-refractivity contribution >= 4 is 39.9 Å². The van der Waals surface area contributed by atoms with Crippen LogP contribution in [0.15, 0.2) is 38.8 Å². The summed E-state index contributed by atoms with van der Waals surface area (Å²) >= 11 is 12.2. The topological polar surface area (TPSA) is 71.6 Å². The number of aromatic nitrogens is 2. The van der Waals surface area contributed by atoms with Gasteiger partial charge in [0.2, 0.25) is 0 Å². The molecule has 0 saturated carbocycles. The summed E-state index contributed by atoms with van der Waals surface area (Å²) in [6.07, 6.45) is 7.47. The van der Waals surface area contributed by atoms with Crippen LogP contribution in [0.4, 0.5) is 0 Å². The van der Waals surface area contributed by atoms with E-state index in [0.717, 1.165) is 61.6 Å². The highest BCUT2D eigenvalue weighted by atomic mass is 35.5. The number of fused-ring (bicyclic) bond motifs is 2. The first-order chi connectivity index (χ1) is 14.6. The van der Waals surface area contributed by atoms with Crippen molar-refractivity contribution in [3.63, 3.8) is 0 Å². The molecule has 30 heavy (non-hydrogen) atoms. The van der Waals surface area contributed by atoms with Gasteiger partial charge in [-0.25, -0.2) is 9.97 Å². The van der Waals surface area contributed by atoms with Crippen molar-refractivity contribution < 1.29 is 4.42 Å². The molecule has 0 radical (unpaired) electrons. The summed E-state index contributed by atoms with van der Waals surface area (Å²) in [5.74, 6) is 0.769. The highest BCUT2D eigenvalue weighted by molar-refractivity contribution is 6.38. The summed E-state index contributed by atoms with van der Waals surface area (Å²) < 4.78 is 5.65. The smallest absolute Gasteiger partial charge is 0.197 e. The standard InChI is InChI=1S/C22H20Cl2N4O2/c23-15-7-16-20(29)14(12-30-21(16)17(24)8-15)11-28-6-4-18-13(10-28)9-26-22(27-18)19-3-1-2-5-25-19/h7-9,12H,1-6,10-11H2. The zero-order valence-corrected chi connectivity index (χ0v) is 17.8. The molecule has 0 N–H and O–H groups in total. The maximum absolute atomic E-state index is 12.9. The molecular formula is C22H20Cl2N4O2. The van der Waals surface area contributed by atoms with E-state index in [2.05, 4.69) is 14.9 Å². The lowest BCUT2D eigenvalue weighted by Gasteiger charge is -2.28. The Morgan fingerprint density at radius 3 is 2.90 bits per heavy atom. The monoisotopic (exact) mass is 442 g/mol. The molecule has 0 unspecified atom stereocenters. The van der Waals surface area contributed by atoms with Crippen LogP contribution in [-0.2, 0) is 19.5 Å². The van der Waals surface area contributed by atoms with Crippen molar-refractivity contribution in [3.05, 3.63) is 67.5 Å². The van der Waals surface area contributed by atoms with E-state index in [9.17, 15) is 4.79 Å². The second-order valence-corrected chi connectivity index (χ2v) is 8.61. The average molecular weight is 443 g/mol. The van der Waals surface area contributed by atoms with Crippen molar-refractivity contribution in [2.24, 2.45) is 4.99 Å². The van der Waals surface area contributed by atoms with E-state index >= 15 is 0 Å². The zero-order valence-electron chi connectivity index (χ0n) is 16.3. The minimum Gasteiger partial charge on any atom is -0.462 e. The van der Waals surface area contributed by atoms with Crippen molar-refractivity contribution in [3.8, 4) is 0 Å². The Bertz CT molecular complexity index is 1220. The first-order valence-corrected chi connectivity index (χ1v) is 10.8. The molecule has 2 aromatic heterocycles. The van der Waals surface area contributed by atoms with Gasteiger partial charge in [0.1, 0.15) is 0 Å². The lowest BCUT2D eigenvalue weighted by molar-refractivity contribution is 0.240. The quantitative estimate of drug-likeness (QED) is 0.599. The molecule has 1 aromatic carbocycles. The van der Waals surface area contributed by atoms with Crippen molar-refractivity contribution in [1.29, 1.82) is 0 Å². The van der Waals surface area contributed by atoms with E-state index in [1.165, 1.54) is 6.26 Å². The Hall–Kier alpha value is -2.28. The normalized spacial score (nSPS) is 17.1. The number of halogens is 2. The minimum atomic E-state index is -0.103. The van der Waals surface area contributed by atoms with E-state index in [1.807, 2.05) is 6.20 Å². The molecule has 5 rings (SSSR count). The van der Waals surface area contributed by atoms with Gasteiger partial charge in [0.15, 0.2) is 16.8 Å². The summed E-state index contributed by atoms with van der Waals surface area (Å²) in [5, 5.41) is 1.16. The Morgan fingerprint density at radius 1 is 1.17 bits per heavy atom. The Morgan fingerprint density at radius 2 is 2.07 bits per heavy atom. The molecule has 0 fully saturated rings. The first kappa shape index (κ1) is 19.7. The molecule has 0 bridgehead atoms. The first-order valence-electron chi connectivity index (χ1n) is 10.1. The maximum Gasteiger partial charge on any atom is 0.197 e. The number of nitrogens with zero attached hydrogens (tertiary/aromatic N) is 4. The SMILES string of the molecule is O=c1c(CN2CCc3nc(C4=NCCCC4)ncc3C2)coc2c(Cl)cc(Cl)cc12. The number of benzene rings is 1. The van der Waals surface area contributed by atoms with Crippen molar-refractivity contribution in [2.75, 3.05) is 13.1 Å². The fourth-order valence-electron chi connectivity index (χ4n) is 4.08. The molecule has 4 heterocycles. The fourth-order valence-corrected chi connectivity index (χ4v) is 4.62. The third-order valence-electron chi connectivity index (χ3n) is 5.65. The Kier molecular flexibility index (Phi) is 5.31. The third kappa shape index (κ3) is 3.75. The van der Waals surface area contributed by atoms with Crippen LogP contribution >= 0.6 is 23.2 Å². The summed E-state index contributed by atoms with van der Waals surface area (Å²) in [6, 6.07) is 3.18. The van der Waals surface area contributed by atoms with Gasteiger partial charge < -0.3 is 4.42 Å². The van der Waals surface area contributed by atoms with Crippen LogP contribution in [0.25, 0.3) is 11.0 Å². The van der Waals surface area contributed by atoms with E-state index in [4.69, 9.17) is 32.6 Å². The second kappa shape index (κ2) is 8.10. The van der Waals surface area contributed by atoms with Crippen LogP contribution in [-0.4, -0.2) is 33.7 Å². The van der Waals surface area contributed by atoms with Crippen LogP contribution in [0.1, 0.15) is 41.9 Å².